The molecule has 6 fully saturated rings. The summed E-state index contributed by atoms with van der Waals surface area (Å²) in [5, 5.41) is 13.4. The normalized spacial score (nSPS) is 25.1. The number of amides is 5. The van der Waals surface area contributed by atoms with Gasteiger partial charge in [-0.25, -0.2) is 27.5 Å². The third-order valence-corrected chi connectivity index (χ3v) is 16.0. The molecule has 0 radical (unpaired) electrons. The summed E-state index contributed by atoms with van der Waals surface area (Å²) in [4.78, 5) is 67.0. The summed E-state index contributed by atoms with van der Waals surface area (Å²) in [6.07, 6.45) is 5.40. The van der Waals surface area contributed by atoms with Crippen molar-refractivity contribution in [2.75, 3.05) is 99.1 Å². The summed E-state index contributed by atoms with van der Waals surface area (Å²) in [6.45, 7) is 5.88. The van der Waals surface area contributed by atoms with Crippen LogP contribution in [0.5, 0.6) is 0 Å². The van der Waals surface area contributed by atoms with E-state index < -0.39 is 36.1 Å². The Balaban J connectivity index is 0.661. The molecule has 2 aromatic heterocycles. The molecule has 0 bridgehead atoms. The van der Waals surface area contributed by atoms with E-state index in [0.717, 1.165) is 56.6 Å². The Morgan fingerprint density at radius 3 is 2.37 bits per heavy atom. The third kappa shape index (κ3) is 8.26. The lowest BCUT2D eigenvalue weighted by Gasteiger charge is -2.51. The van der Waals surface area contributed by atoms with Crippen molar-refractivity contribution < 1.29 is 32.3 Å². The topological polar surface area (TPSA) is 154 Å². The average molecular weight is 958 g/mol. The van der Waals surface area contributed by atoms with Gasteiger partial charge in [-0.3, -0.25) is 34.4 Å². The number of hydrogen-bond acceptors (Lipinski definition) is 11. The maximum atomic E-state index is 16.1. The smallest absolute Gasteiger partial charge is 0.328 e. The van der Waals surface area contributed by atoms with Crippen LogP contribution in [0.2, 0.25) is 5.02 Å². The minimum atomic E-state index is -2.83. The number of alkyl halides is 3. The quantitative estimate of drug-likeness (QED) is 0.183. The molecule has 7 aliphatic rings. The van der Waals surface area contributed by atoms with Crippen LogP contribution in [0, 0.1) is 11.3 Å². The molecule has 5 saturated heterocycles. The molecule has 1 unspecified atom stereocenters. The molecule has 16 nitrogen and oxygen atoms in total. The van der Waals surface area contributed by atoms with Gasteiger partial charge in [0.2, 0.25) is 5.91 Å². The molecule has 5 amide bonds. The van der Waals surface area contributed by atoms with Crippen LogP contribution < -0.4 is 30.7 Å². The van der Waals surface area contributed by atoms with Crippen LogP contribution in [0.4, 0.5) is 46.5 Å². The van der Waals surface area contributed by atoms with Crippen molar-refractivity contribution >= 4 is 69.6 Å². The summed E-state index contributed by atoms with van der Waals surface area (Å²) in [7, 11) is 1.79. The van der Waals surface area contributed by atoms with E-state index in [2.05, 4.69) is 42.9 Å². The van der Waals surface area contributed by atoms with E-state index in [4.69, 9.17) is 16.7 Å². The van der Waals surface area contributed by atoms with Crippen LogP contribution in [-0.2, 0) is 11.2 Å². The second kappa shape index (κ2) is 17.4. The fraction of sp³-hybridized carbons (Fsp3) is 0.542. The molecule has 68 heavy (non-hydrogen) atoms. The van der Waals surface area contributed by atoms with Crippen molar-refractivity contribution in [2.24, 2.45) is 11.3 Å². The van der Waals surface area contributed by atoms with Gasteiger partial charge in [0, 0.05) is 107 Å². The summed E-state index contributed by atoms with van der Waals surface area (Å²) < 4.78 is 47.3. The molecule has 8 heterocycles. The maximum Gasteiger partial charge on any atom is 0.328 e. The first-order valence-electron chi connectivity index (χ1n) is 24.0. The highest BCUT2D eigenvalue weighted by Gasteiger charge is 2.50. The average Bonchev–Trinajstić information content (AvgIpc) is 3.61. The minimum absolute atomic E-state index is 0.0174. The van der Waals surface area contributed by atoms with Crippen LogP contribution in [0.1, 0.15) is 71.4 Å². The zero-order valence-electron chi connectivity index (χ0n) is 38.0. The molecule has 1 spiro atoms. The Bertz CT molecular complexity index is 2660. The van der Waals surface area contributed by atoms with E-state index in [-0.39, 0.29) is 48.4 Å². The molecular weight excluding hydrogens is 901 g/mol. The molecule has 1 saturated carbocycles. The van der Waals surface area contributed by atoms with Crippen molar-refractivity contribution in [3.8, 4) is 0 Å². The highest BCUT2D eigenvalue weighted by molar-refractivity contribution is 6.34. The zero-order chi connectivity index (χ0) is 47.1. The highest BCUT2D eigenvalue weighted by Crippen LogP contribution is 2.45. The number of carbonyl (C=O) groups excluding carboxylic acids is 4. The second-order valence-corrected chi connectivity index (χ2v) is 20.3. The number of carbonyl (C=O) groups is 4. The van der Waals surface area contributed by atoms with Crippen LogP contribution >= 0.6 is 11.6 Å². The zero-order valence-corrected chi connectivity index (χ0v) is 38.8. The van der Waals surface area contributed by atoms with Crippen LogP contribution in [0.3, 0.4) is 0 Å². The number of nitrogens with zero attached hydrogens (tertiary/aromatic N) is 9. The van der Waals surface area contributed by atoms with Crippen LogP contribution in [0.25, 0.3) is 5.65 Å². The van der Waals surface area contributed by atoms with Crippen molar-refractivity contribution in [3.05, 3.63) is 70.5 Å². The first-order chi connectivity index (χ1) is 32.8. The number of urea groups is 1. The maximum absolute atomic E-state index is 16.1. The molecular formula is C48H56ClF3N12O4. The number of aromatic nitrogens is 3. The van der Waals surface area contributed by atoms with Gasteiger partial charge in [0.15, 0.2) is 17.2 Å². The Hall–Kier alpha value is -5.66. The predicted molar refractivity (Wildman–Crippen MR) is 251 cm³/mol. The molecule has 20 heteroatoms. The summed E-state index contributed by atoms with van der Waals surface area (Å²) in [6, 6.07) is 11.2. The van der Waals surface area contributed by atoms with Crippen molar-refractivity contribution in [1.82, 2.24) is 39.9 Å². The monoisotopic (exact) mass is 956 g/mol. The molecule has 360 valence electrons. The van der Waals surface area contributed by atoms with Gasteiger partial charge in [0.1, 0.15) is 6.17 Å². The van der Waals surface area contributed by atoms with E-state index in [1.54, 1.807) is 25.2 Å². The number of rotatable bonds is 10. The number of fused-ring (bicyclic) bond motifs is 2. The van der Waals surface area contributed by atoms with Crippen molar-refractivity contribution in [2.45, 2.75) is 75.5 Å². The number of imide groups is 1. The van der Waals surface area contributed by atoms with Gasteiger partial charge in [-0.1, -0.05) is 17.7 Å². The first-order valence-corrected chi connectivity index (χ1v) is 24.3. The van der Waals surface area contributed by atoms with E-state index in [1.165, 1.54) is 21.2 Å². The lowest BCUT2D eigenvalue weighted by Crippen LogP contribution is -2.62. The molecule has 1 aliphatic carbocycles. The molecule has 3 atom stereocenters. The highest BCUT2D eigenvalue weighted by atomic mass is 35.5. The first kappa shape index (κ1) is 44.8. The number of piperidine rings is 3. The summed E-state index contributed by atoms with van der Waals surface area (Å²) in [5.74, 6) is -2.80. The third-order valence-electron chi connectivity index (χ3n) is 15.7. The van der Waals surface area contributed by atoms with E-state index in [1.807, 2.05) is 26.8 Å². The number of benzene rings is 2. The Morgan fingerprint density at radius 1 is 0.912 bits per heavy atom. The molecule has 6 aliphatic heterocycles. The molecule has 11 rings (SSSR count). The van der Waals surface area contributed by atoms with Crippen molar-refractivity contribution in [1.29, 1.82) is 0 Å². The minimum Gasteiger partial charge on any atom is -0.385 e. The fourth-order valence-electron chi connectivity index (χ4n) is 11.6. The number of hydrogen-bond donors (Lipinski definition) is 3. The number of halogens is 4. The van der Waals surface area contributed by atoms with Gasteiger partial charge in [-0.05, 0) is 87.4 Å². The Morgan fingerprint density at radius 2 is 1.65 bits per heavy atom. The van der Waals surface area contributed by atoms with Gasteiger partial charge in [0.25, 0.3) is 17.7 Å². The van der Waals surface area contributed by atoms with Crippen LogP contribution in [-0.4, -0.2) is 156 Å². The van der Waals surface area contributed by atoms with Gasteiger partial charge in [-0.2, -0.15) is 0 Å². The standard InChI is InChI=1S/C48H56ClF3N12O4/c1-53-35-23-41(57-64-39(24-54-43(35)64)44(66)55-34-22-33(34)50)62-15-7-31-36(3-2-4-37(31)62)61-26-29(27-61)25-58-14-8-40(48(51,52)28-58)59-17-10-47(11-18-59)12-19-60(20-13-47)45(67)30-5-6-32(49)38(21-30)63-16-9-42(65)56-46(63)68/h2-6,21,23-24,29,33-34,40,53H,7-20,22,25-28H2,1H3,(H,55,66)(H,56,65,68)/t33-,34+,40?/m0/s1. The number of nitrogens with one attached hydrogen (secondary N) is 3. The largest absolute Gasteiger partial charge is 0.385 e. The van der Waals surface area contributed by atoms with Gasteiger partial charge >= 0.3 is 6.03 Å². The number of imidazole rings is 1. The summed E-state index contributed by atoms with van der Waals surface area (Å²) in [5.41, 5.74) is 5.67. The lowest BCUT2D eigenvalue weighted by molar-refractivity contribution is -0.139. The van der Waals surface area contributed by atoms with Gasteiger partial charge in [-0.15, -0.1) is 5.10 Å². The van der Waals surface area contributed by atoms with E-state index in [0.29, 0.717) is 92.1 Å². The van der Waals surface area contributed by atoms with Gasteiger partial charge in [0.05, 0.1) is 41.2 Å². The van der Waals surface area contributed by atoms with E-state index >= 15 is 8.78 Å². The number of anilines is 5. The van der Waals surface area contributed by atoms with Crippen molar-refractivity contribution in [3.63, 3.8) is 0 Å². The van der Waals surface area contributed by atoms with Crippen LogP contribution in [0.15, 0.2) is 48.7 Å². The van der Waals surface area contributed by atoms with Gasteiger partial charge < -0.3 is 25.3 Å². The van der Waals surface area contributed by atoms with E-state index in [9.17, 15) is 23.6 Å². The molecule has 4 aromatic rings. The summed E-state index contributed by atoms with van der Waals surface area (Å²) >= 11 is 6.42. The lowest BCUT2D eigenvalue weighted by atomic mass is 9.70. The number of likely N-dealkylation sites (tertiary alicyclic amines) is 3. The predicted octanol–water partition coefficient (Wildman–Crippen LogP) is 5.57. The molecule has 3 N–H and O–H groups in total. The Kier molecular flexibility index (Phi) is 11.5. The fourth-order valence-corrected chi connectivity index (χ4v) is 11.8. The second-order valence-electron chi connectivity index (χ2n) is 19.9. The Labute approximate surface area is 397 Å². The SMILES string of the molecule is CNc1cc(N2CCc3c(N4CC(CN5CCC(N6CCC7(CCN(C(=O)c8ccc(Cl)c(N9CCC(=O)NC9=O)c8)CC7)CC6)C(F)(F)C5)C4)cccc32)nn2c(C(=O)N[C@@H]3C[C@@H]3F)cnc12. The molecule has 2 aromatic carbocycles.